The lowest BCUT2D eigenvalue weighted by atomic mass is 10.1. The Morgan fingerprint density at radius 1 is 1.23 bits per heavy atom. The van der Waals surface area contributed by atoms with E-state index in [0.29, 0.717) is 5.69 Å². The lowest BCUT2D eigenvalue weighted by molar-refractivity contribution is 0.234. The number of carbonyl (C=O) groups is 1. The summed E-state index contributed by atoms with van der Waals surface area (Å²) in [6.45, 7) is 3.98. The molecule has 0 spiro atoms. The molecule has 2 amide bonds. The fourth-order valence-corrected chi connectivity index (χ4v) is 2.03. The van der Waals surface area contributed by atoms with E-state index < -0.39 is 6.03 Å². The number of anilines is 1. The van der Waals surface area contributed by atoms with Gasteiger partial charge in [-0.05, 0) is 42.7 Å². The minimum Gasteiger partial charge on any atom is -0.506 e. The number of rotatable bonds is 5. The molecule has 0 aliphatic carbocycles. The molecule has 0 aliphatic heterocycles. The van der Waals surface area contributed by atoms with Gasteiger partial charge < -0.3 is 20.5 Å². The average molecular weight is 300 g/mol. The Bertz CT molecular complexity index is 656. The van der Waals surface area contributed by atoms with Crippen LogP contribution in [-0.4, -0.2) is 17.9 Å². The molecule has 0 atom stereocenters. The monoisotopic (exact) mass is 300 g/mol. The average Bonchev–Trinajstić information content (AvgIpc) is 2.51. The van der Waals surface area contributed by atoms with Crippen LogP contribution in [0.3, 0.4) is 0 Å². The number of carbonyl (C=O) groups excluding carboxylic acids is 1. The quantitative estimate of drug-likeness (QED) is 0.585. The first-order chi connectivity index (χ1) is 10.6. The van der Waals surface area contributed by atoms with Crippen LogP contribution in [0, 0.1) is 6.92 Å². The van der Waals surface area contributed by atoms with Crippen LogP contribution in [0.2, 0.25) is 0 Å². The van der Waals surface area contributed by atoms with E-state index in [1.807, 2.05) is 38.1 Å². The van der Waals surface area contributed by atoms with Gasteiger partial charge in [0.05, 0.1) is 5.69 Å². The third-order valence-corrected chi connectivity index (χ3v) is 3.21. The first-order valence-corrected chi connectivity index (χ1v) is 7.15. The van der Waals surface area contributed by atoms with Crippen molar-refractivity contribution in [2.24, 2.45) is 0 Å². The Morgan fingerprint density at radius 3 is 2.77 bits per heavy atom. The topological polar surface area (TPSA) is 70.6 Å². The van der Waals surface area contributed by atoms with E-state index in [0.717, 1.165) is 23.3 Å². The van der Waals surface area contributed by atoms with Gasteiger partial charge in [0.1, 0.15) is 11.5 Å². The van der Waals surface area contributed by atoms with Crippen molar-refractivity contribution in [1.82, 2.24) is 5.32 Å². The van der Waals surface area contributed by atoms with Crippen molar-refractivity contribution in [3.63, 3.8) is 0 Å². The van der Waals surface area contributed by atoms with Gasteiger partial charge in [-0.1, -0.05) is 31.2 Å². The van der Waals surface area contributed by atoms with Crippen molar-refractivity contribution in [1.29, 1.82) is 0 Å². The summed E-state index contributed by atoms with van der Waals surface area (Å²) in [6, 6.07) is 12.3. The number of benzene rings is 2. The molecule has 116 valence electrons. The van der Waals surface area contributed by atoms with Crippen molar-refractivity contribution < 1.29 is 14.6 Å². The Kier molecular flexibility index (Phi) is 5.25. The Hall–Kier alpha value is -2.69. The van der Waals surface area contributed by atoms with Crippen molar-refractivity contribution in [3.05, 3.63) is 53.6 Å². The number of phenolic OH excluding ortho intramolecular Hbond substituents is 1. The van der Waals surface area contributed by atoms with E-state index in [4.69, 9.17) is 4.74 Å². The molecule has 2 aromatic rings. The Morgan fingerprint density at radius 2 is 2.00 bits per heavy atom. The number of nitrogens with one attached hydrogen (secondary N) is 2. The normalized spacial score (nSPS) is 10.1. The van der Waals surface area contributed by atoms with Crippen LogP contribution in [0.4, 0.5) is 10.5 Å². The molecule has 0 saturated heterocycles. The van der Waals surface area contributed by atoms with E-state index in [2.05, 4.69) is 10.6 Å². The van der Waals surface area contributed by atoms with Crippen LogP contribution < -0.4 is 15.4 Å². The maximum Gasteiger partial charge on any atom is 0.321 e. The maximum atomic E-state index is 11.8. The zero-order valence-corrected chi connectivity index (χ0v) is 12.7. The molecule has 0 unspecified atom stereocenters. The SMILES string of the molecule is CCc1ccccc1OCNC(=O)Nc1cc(C)ccc1O. The van der Waals surface area contributed by atoms with Gasteiger partial charge in [0, 0.05) is 0 Å². The molecule has 5 nitrogen and oxygen atoms in total. The third-order valence-electron chi connectivity index (χ3n) is 3.21. The van der Waals surface area contributed by atoms with E-state index in [-0.39, 0.29) is 12.5 Å². The number of hydrogen-bond donors (Lipinski definition) is 3. The minimum absolute atomic E-state index is 0.0259. The molecule has 0 aliphatic rings. The molecule has 22 heavy (non-hydrogen) atoms. The predicted molar refractivity (Wildman–Crippen MR) is 86.3 cm³/mol. The summed E-state index contributed by atoms with van der Waals surface area (Å²) < 4.78 is 5.56. The fourth-order valence-electron chi connectivity index (χ4n) is 2.03. The number of para-hydroxylation sites is 1. The molecule has 0 bridgehead atoms. The zero-order chi connectivity index (χ0) is 15.9. The second-order valence-electron chi connectivity index (χ2n) is 4.90. The van der Waals surface area contributed by atoms with E-state index in [1.165, 1.54) is 0 Å². The minimum atomic E-state index is -0.435. The van der Waals surface area contributed by atoms with Gasteiger partial charge in [-0.3, -0.25) is 0 Å². The first-order valence-electron chi connectivity index (χ1n) is 7.15. The number of ether oxygens (including phenoxy) is 1. The Labute approximate surface area is 129 Å². The van der Waals surface area contributed by atoms with Crippen molar-refractivity contribution in [2.75, 3.05) is 12.0 Å². The number of urea groups is 1. The molecular formula is C17H20N2O3. The maximum absolute atomic E-state index is 11.8. The second-order valence-corrected chi connectivity index (χ2v) is 4.90. The smallest absolute Gasteiger partial charge is 0.321 e. The highest BCUT2D eigenvalue weighted by Gasteiger charge is 2.06. The summed E-state index contributed by atoms with van der Waals surface area (Å²) in [7, 11) is 0. The van der Waals surface area contributed by atoms with E-state index in [9.17, 15) is 9.90 Å². The van der Waals surface area contributed by atoms with Gasteiger partial charge in [-0.15, -0.1) is 0 Å². The fraction of sp³-hybridized carbons (Fsp3) is 0.235. The zero-order valence-electron chi connectivity index (χ0n) is 12.7. The lowest BCUT2D eigenvalue weighted by Crippen LogP contribution is -2.32. The second kappa shape index (κ2) is 7.36. The van der Waals surface area contributed by atoms with Gasteiger partial charge in [0.25, 0.3) is 0 Å². The summed E-state index contributed by atoms with van der Waals surface area (Å²) in [5.41, 5.74) is 2.40. The molecule has 0 saturated carbocycles. The van der Waals surface area contributed by atoms with Crippen molar-refractivity contribution in [3.8, 4) is 11.5 Å². The molecule has 5 heteroatoms. The van der Waals surface area contributed by atoms with E-state index >= 15 is 0 Å². The summed E-state index contributed by atoms with van der Waals surface area (Å²) in [6.07, 6.45) is 0.861. The molecule has 2 rings (SSSR count). The highest BCUT2D eigenvalue weighted by molar-refractivity contribution is 5.90. The summed E-state index contributed by atoms with van der Waals surface area (Å²) in [5.74, 6) is 0.779. The molecular weight excluding hydrogens is 280 g/mol. The largest absolute Gasteiger partial charge is 0.506 e. The number of hydrogen-bond acceptors (Lipinski definition) is 3. The van der Waals surface area contributed by atoms with Gasteiger partial charge in [-0.25, -0.2) is 4.79 Å². The Balaban J connectivity index is 1.87. The number of phenols is 1. The molecule has 0 heterocycles. The van der Waals surface area contributed by atoms with Gasteiger partial charge in [-0.2, -0.15) is 0 Å². The first kappa shape index (κ1) is 15.7. The molecule has 2 aromatic carbocycles. The van der Waals surface area contributed by atoms with E-state index in [1.54, 1.807) is 18.2 Å². The van der Waals surface area contributed by atoms with Crippen LogP contribution in [0.15, 0.2) is 42.5 Å². The van der Waals surface area contributed by atoms with Gasteiger partial charge in [0.2, 0.25) is 0 Å². The molecule has 0 fully saturated rings. The standard InChI is InChI=1S/C17H20N2O3/c1-3-13-6-4-5-7-16(13)22-11-18-17(21)19-14-10-12(2)8-9-15(14)20/h4-10,20H,3,11H2,1-2H3,(H2,18,19,21). The number of aromatic hydroxyl groups is 1. The summed E-state index contributed by atoms with van der Waals surface area (Å²) >= 11 is 0. The molecule has 0 aromatic heterocycles. The third kappa shape index (κ3) is 4.15. The van der Waals surface area contributed by atoms with Crippen molar-refractivity contribution in [2.45, 2.75) is 20.3 Å². The number of aryl methyl sites for hydroxylation is 2. The van der Waals surface area contributed by atoms with Gasteiger partial charge in [0.15, 0.2) is 6.73 Å². The van der Waals surface area contributed by atoms with Crippen LogP contribution in [0.1, 0.15) is 18.1 Å². The van der Waals surface area contributed by atoms with Gasteiger partial charge >= 0.3 is 6.03 Å². The summed E-state index contributed by atoms with van der Waals surface area (Å²) in [4.78, 5) is 11.8. The van der Waals surface area contributed by atoms with Crippen LogP contribution in [0.25, 0.3) is 0 Å². The summed E-state index contributed by atoms with van der Waals surface area (Å²) in [5, 5.41) is 14.9. The highest BCUT2D eigenvalue weighted by atomic mass is 16.5. The molecule has 3 N–H and O–H groups in total. The number of amides is 2. The van der Waals surface area contributed by atoms with Crippen molar-refractivity contribution >= 4 is 11.7 Å². The van der Waals surface area contributed by atoms with Crippen LogP contribution in [-0.2, 0) is 6.42 Å². The lowest BCUT2D eigenvalue weighted by Gasteiger charge is -2.12. The van der Waals surface area contributed by atoms with Crippen LogP contribution >= 0.6 is 0 Å². The van der Waals surface area contributed by atoms with Crippen LogP contribution in [0.5, 0.6) is 11.5 Å². The highest BCUT2D eigenvalue weighted by Crippen LogP contribution is 2.23. The molecule has 0 radical (unpaired) electrons. The predicted octanol–water partition coefficient (Wildman–Crippen LogP) is 3.42.